The number of carbonyl (C=O) groups is 1. The highest BCUT2D eigenvalue weighted by Gasteiger charge is 2.13. The molecule has 7 heteroatoms. The van der Waals surface area contributed by atoms with Crippen molar-refractivity contribution in [3.8, 4) is 11.5 Å². The van der Waals surface area contributed by atoms with Crippen LogP contribution in [0.3, 0.4) is 0 Å². The molecule has 3 aromatic rings. The van der Waals surface area contributed by atoms with Gasteiger partial charge >= 0.3 is 0 Å². The second kappa shape index (κ2) is 9.24. The van der Waals surface area contributed by atoms with Crippen LogP contribution in [-0.2, 0) is 11.3 Å². The standard InChI is InChI=1S/C22H24N4O2S/c1-16-5-4-6-18(13-16)21-24-25-22(28-21)29-15-20(27)23-19-9-7-17(8-10-19)14-26-11-2-3-12-26/h4-10,13H,2-3,11-12,14-15H2,1H3,(H,23,27). The number of benzene rings is 2. The first-order valence-electron chi connectivity index (χ1n) is 9.80. The third-order valence-electron chi connectivity index (χ3n) is 4.84. The van der Waals surface area contributed by atoms with Gasteiger partial charge in [0.15, 0.2) is 0 Å². The van der Waals surface area contributed by atoms with E-state index in [1.807, 2.05) is 43.3 Å². The normalized spacial score (nSPS) is 14.2. The van der Waals surface area contributed by atoms with E-state index in [9.17, 15) is 4.79 Å². The van der Waals surface area contributed by atoms with Crippen LogP contribution in [0.15, 0.2) is 58.2 Å². The van der Waals surface area contributed by atoms with Crippen LogP contribution < -0.4 is 5.32 Å². The summed E-state index contributed by atoms with van der Waals surface area (Å²) in [5, 5.41) is 11.4. The number of aromatic nitrogens is 2. The number of nitrogens with one attached hydrogen (secondary N) is 1. The predicted octanol–water partition coefficient (Wildman–Crippen LogP) is 4.37. The lowest BCUT2D eigenvalue weighted by atomic mass is 10.1. The van der Waals surface area contributed by atoms with E-state index in [4.69, 9.17) is 4.42 Å². The third-order valence-corrected chi connectivity index (χ3v) is 5.66. The topological polar surface area (TPSA) is 71.3 Å². The predicted molar refractivity (Wildman–Crippen MR) is 115 cm³/mol. The molecule has 29 heavy (non-hydrogen) atoms. The fourth-order valence-electron chi connectivity index (χ4n) is 3.38. The van der Waals surface area contributed by atoms with Gasteiger partial charge in [-0.05, 0) is 62.7 Å². The number of carbonyl (C=O) groups excluding carboxylic acids is 1. The number of rotatable bonds is 7. The zero-order chi connectivity index (χ0) is 20.1. The average Bonchev–Trinajstić information content (AvgIpc) is 3.40. The maximum Gasteiger partial charge on any atom is 0.277 e. The van der Waals surface area contributed by atoms with Gasteiger partial charge in [-0.25, -0.2) is 0 Å². The number of hydrogen-bond acceptors (Lipinski definition) is 6. The molecule has 2 heterocycles. The molecule has 1 saturated heterocycles. The Morgan fingerprint density at radius 1 is 1.14 bits per heavy atom. The summed E-state index contributed by atoms with van der Waals surface area (Å²) in [5.74, 6) is 0.577. The Labute approximate surface area is 174 Å². The van der Waals surface area contributed by atoms with Crippen molar-refractivity contribution >= 4 is 23.4 Å². The highest BCUT2D eigenvalue weighted by molar-refractivity contribution is 7.99. The Bertz CT molecular complexity index is 965. The Morgan fingerprint density at radius 2 is 1.93 bits per heavy atom. The fraction of sp³-hybridized carbons (Fsp3) is 0.318. The third kappa shape index (κ3) is 5.46. The number of aryl methyl sites for hydroxylation is 1. The first-order valence-corrected chi connectivity index (χ1v) is 10.8. The molecule has 0 radical (unpaired) electrons. The van der Waals surface area contributed by atoms with Gasteiger partial charge in [-0.3, -0.25) is 9.69 Å². The van der Waals surface area contributed by atoms with Gasteiger partial charge < -0.3 is 9.73 Å². The maximum atomic E-state index is 12.2. The minimum Gasteiger partial charge on any atom is -0.411 e. The molecule has 2 aromatic carbocycles. The van der Waals surface area contributed by atoms with Gasteiger partial charge in [0.2, 0.25) is 11.8 Å². The second-order valence-electron chi connectivity index (χ2n) is 7.26. The van der Waals surface area contributed by atoms with E-state index in [2.05, 4.69) is 32.5 Å². The van der Waals surface area contributed by atoms with Gasteiger partial charge in [-0.2, -0.15) is 0 Å². The van der Waals surface area contributed by atoms with Gasteiger partial charge in [0.05, 0.1) is 5.75 Å². The van der Waals surface area contributed by atoms with Gasteiger partial charge in [0.25, 0.3) is 5.22 Å². The van der Waals surface area contributed by atoms with Crippen LogP contribution >= 0.6 is 11.8 Å². The van der Waals surface area contributed by atoms with Gasteiger partial charge in [0, 0.05) is 17.8 Å². The Balaban J connectivity index is 1.27. The summed E-state index contributed by atoms with van der Waals surface area (Å²) in [5.41, 5.74) is 4.07. The van der Waals surface area contributed by atoms with Crippen LogP contribution in [0.25, 0.3) is 11.5 Å². The Kier molecular flexibility index (Phi) is 6.27. The monoisotopic (exact) mass is 408 g/mol. The second-order valence-corrected chi connectivity index (χ2v) is 8.19. The smallest absolute Gasteiger partial charge is 0.277 e. The first-order chi connectivity index (χ1) is 14.2. The largest absolute Gasteiger partial charge is 0.411 e. The number of anilines is 1. The van der Waals surface area contributed by atoms with Gasteiger partial charge in [-0.15, -0.1) is 10.2 Å². The average molecular weight is 409 g/mol. The molecule has 1 aliphatic heterocycles. The van der Waals surface area contributed by atoms with Crippen LogP contribution in [0, 0.1) is 6.92 Å². The molecule has 6 nitrogen and oxygen atoms in total. The van der Waals surface area contributed by atoms with Gasteiger partial charge in [0.1, 0.15) is 0 Å². The lowest BCUT2D eigenvalue weighted by Crippen LogP contribution is -2.18. The van der Waals surface area contributed by atoms with Crippen LogP contribution in [-0.4, -0.2) is 39.8 Å². The molecule has 150 valence electrons. The highest BCUT2D eigenvalue weighted by Crippen LogP contribution is 2.24. The van der Waals surface area contributed by atoms with E-state index in [1.54, 1.807) is 0 Å². The molecule has 0 saturated carbocycles. The van der Waals surface area contributed by atoms with Crippen molar-refractivity contribution in [2.45, 2.75) is 31.5 Å². The van der Waals surface area contributed by atoms with Crippen LogP contribution in [0.1, 0.15) is 24.0 Å². The molecule has 1 aromatic heterocycles. The summed E-state index contributed by atoms with van der Waals surface area (Å²) in [6.45, 7) is 5.34. The lowest BCUT2D eigenvalue weighted by Gasteiger charge is -2.14. The van der Waals surface area contributed by atoms with Crippen LogP contribution in [0.4, 0.5) is 5.69 Å². The molecule has 0 spiro atoms. The summed E-state index contributed by atoms with van der Waals surface area (Å²) in [6, 6.07) is 15.9. The summed E-state index contributed by atoms with van der Waals surface area (Å²) in [6.07, 6.45) is 2.58. The van der Waals surface area contributed by atoms with Crippen LogP contribution in [0.2, 0.25) is 0 Å². The minimum atomic E-state index is -0.0994. The molecule has 0 bridgehead atoms. The van der Waals surface area contributed by atoms with E-state index < -0.39 is 0 Å². The van der Waals surface area contributed by atoms with Gasteiger partial charge in [-0.1, -0.05) is 41.6 Å². The van der Waals surface area contributed by atoms with Crippen molar-refractivity contribution in [3.63, 3.8) is 0 Å². The Hall–Kier alpha value is -2.64. The number of thioether (sulfide) groups is 1. The molecule has 1 N–H and O–H groups in total. The highest BCUT2D eigenvalue weighted by atomic mass is 32.2. The summed E-state index contributed by atoms with van der Waals surface area (Å²) in [4.78, 5) is 14.7. The zero-order valence-electron chi connectivity index (χ0n) is 16.4. The molecule has 0 aliphatic carbocycles. The van der Waals surface area contributed by atoms with E-state index in [1.165, 1.54) is 43.3 Å². The lowest BCUT2D eigenvalue weighted by molar-refractivity contribution is -0.113. The van der Waals surface area contributed by atoms with Crippen molar-refractivity contribution in [3.05, 3.63) is 59.7 Å². The van der Waals surface area contributed by atoms with Crippen LogP contribution in [0.5, 0.6) is 0 Å². The zero-order valence-corrected chi connectivity index (χ0v) is 17.2. The molecule has 1 amide bonds. The van der Waals surface area contributed by atoms with Crippen molar-refractivity contribution in [1.29, 1.82) is 0 Å². The Morgan fingerprint density at radius 3 is 2.69 bits per heavy atom. The number of hydrogen-bond donors (Lipinski definition) is 1. The van der Waals surface area contributed by atoms with Crippen molar-refractivity contribution in [2.24, 2.45) is 0 Å². The van der Waals surface area contributed by atoms with Crippen molar-refractivity contribution < 1.29 is 9.21 Å². The maximum absolute atomic E-state index is 12.2. The minimum absolute atomic E-state index is 0.0994. The quantitative estimate of drug-likeness (QED) is 0.585. The number of amides is 1. The summed E-state index contributed by atoms with van der Waals surface area (Å²) >= 11 is 1.23. The number of likely N-dealkylation sites (tertiary alicyclic amines) is 1. The van der Waals surface area contributed by atoms with E-state index in [0.29, 0.717) is 11.1 Å². The number of nitrogens with zero attached hydrogens (tertiary/aromatic N) is 3. The fourth-order valence-corrected chi connectivity index (χ4v) is 3.94. The molecule has 1 fully saturated rings. The molecule has 1 aliphatic rings. The molecular formula is C22H24N4O2S. The summed E-state index contributed by atoms with van der Waals surface area (Å²) < 4.78 is 5.66. The summed E-state index contributed by atoms with van der Waals surface area (Å²) in [7, 11) is 0. The van der Waals surface area contributed by atoms with E-state index >= 15 is 0 Å². The molecule has 0 atom stereocenters. The SMILES string of the molecule is Cc1cccc(-c2nnc(SCC(=O)Nc3ccc(CN4CCCC4)cc3)o2)c1. The molecular weight excluding hydrogens is 384 g/mol. The van der Waals surface area contributed by atoms with Crippen molar-refractivity contribution in [2.75, 3.05) is 24.2 Å². The van der Waals surface area contributed by atoms with Crippen molar-refractivity contribution in [1.82, 2.24) is 15.1 Å². The van der Waals surface area contributed by atoms with E-state index in [0.717, 1.165) is 23.4 Å². The van der Waals surface area contributed by atoms with E-state index in [-0.39, 0.29) is 11.7 Å². The molecule has 4 rings (SSSR count). The first kappa shape index (κ1) is 19.7. The molecule has 0 unspecified atom stereocenters.